The van der Waals surface area contributed by atoms with Crippen LogP contribution in [-0.4, -0.2) is 19.9 Å². The number of nitrogens with zero attached hydrogens (tertiary/aromatic N) is 2. The predicted molar refractivity (Wildman–Crippen MR) is 140 cm³/mol. The molecule has 0 spiro atoms. The van der Waals surface area contributed by atoms with E-state index in [-0.39, 0.29) is 0 Å². The molecule has 0 amide bonds. The van der Waals surface area contributed by atoms with Gasteiger partial charge in [0.05, 0.1) is 37.2 Å². The molecule has 6 rings (SSSR count). The largest absolute Gasteiger partial charge is 0.355 e. The van der Waals surface area contributed by atoms with Crippen LogP contribution in [0.3, 0.4) is 0 Å². The molecule has 3 aromatic heterocycles. The van der Waals surface area contributed by atoms with Gasteiger partial charge in [0.2, 0.25) is 0 Å². The molecule has 1 aromatic carbocycles. The van der Waals surface area contributed by atoms with Crippen molar-refractivity contribution in [2.75, 3.05) is 0 Å². The van der Waals surface area contributed by atoms with E-state index in [9.17, 15) is 0 Å². The standard InChI is InChI=1S/C26H16Br2N4/c27-25-20-9-7-17(30-20)14-16-6-8-18(29-16)24(15-4-2-1-3-5-15)19-10-11-21(31-19)26(28)23-13-12-22(25)32-23/h1-14,29-30H. The average Bonchev–Trinajstić information content (AvgIpc) is 3.61. The maximum Gasteiger partial charge on any atom is 0.0802 e. The summed E-state index contributed by atoms with van der Waals surface area (Å²) in [5, 5.41) is 0. The number of halogens is 2. The van der Waals surface area contributed by atoms with Crippen molar-refractivity contribution in [3.8, 4) is 11.1 Å². The van der Waals surface area contributed by atoms with Crippen LogP contribution in [0, 0.1) is 0 Å². The number of rotatable bonds is 1. The van der Waals surface area contributed by atoms with Crippen molar-refractivity contribution < 1.29 is 0 Å². The maximum atomic E-state index is 4.96. The van der Waals surface area contributed by atoms with Crippen LogP contribution in [0.25, 0.3) is 57.5 Å². The van der Waals surface area contributed by atoms with Gasteiger partial charge in [-0.3, -0.25) is 0 Å². The lowest BCUT2D eigenvalue weighted by Gasteiger charge is -2.03. The summed E-state index contributed by atoms with van der Waals surface area (Å²) in [7, 11) is 0. The smallest absolute Gasteiger partial charge is 0.0802 e. The van der Waals surface area contributed by atoms with Crippen molar-refractivity contribution >= 4 is 78.2 Å². The minimum atomic E-state index is 0.843. The fourth-order valence-corrected chi connectivity index (χ4v) is 4.87. The van der Waals surface area contributed by atoms with Crippen LogP contribution in [0.1, 0.15) is 22.8 Å². The zero-order valence-electron chi connectivity index (χ0n) is 16.7. The van der Waals surface area contributed by atoms with E-state index in [0.29, 0.717) is 0 Å². The second-order valence-corrected chi connectivity index (χ2v) is 9.19. The first-order valence-corrected chi connectivity index (χ1v) is 11.7. The third kappa shape index (κ3) is 3.36. The minimum Gasteiger partial charge on any atom is -0.355 e. The minimum absolute atomic E-state index is 0.843. The Kier molecular flexibility index (Phi) is 4.70. The third-order valence-electron chi connectivity index (χ3n) is 5.51. The van der Waals surface area contributed by atoms with E-state index in [4.69, 9.17) is 9.97 Å². The van der Waals surface area contributed by atoms with Crippen LogP contribution in [0.5, 0.6) is 0 Å². The molecule has 154 valence electrons. The second-order valence-electron chi connectivity index (χ2n) is 7.60. The number of H-pyrrole nitrogens is 2. The Hall–Kier alpha value is -3.22. The Morgan fingerprint density at radius 3 is 1.84 bits per heavy atom. The van der Waals surface area contributed by atoms with E-state index < -0.39 is 0 Å². The highest BCUT2D eigenvalue weighted by Crippen LogP contribution is 2.33. The van der Waals surface area contributed by atoms with Gasteiger partial charge in [-0.05, 0) is 92.1 Å². The SMILES string of the molecule is Brc1c2nc(c(Br)c3ccc(cc4ccc([nH]4)c(-c4ccccc4)c4nc1C=C4)[nH]3)C=C2. The monoisotopic (exact) mass is 542 g/mol. The maximum absolute atomic E-state index is 4.96. The highest BCUT2D eigenvalue weighted by atomic mass is 79.9. The molecule has 32 heavy (non-hydrogen) atoms. The molecule has 2 aliphatic heterocycles. The van der Waals surface area contributed by atoms with E-state index in [1.54, 1.807) is 0 Å². The molecule has 0 atom stereocenters. The summed E-state index contributed by atoms with van der Waals surface area (Å²) in [6.07, 6.45) is 8.09. The Balaban J connectivity index is 1.77. The van der Waals surface area contributed by atoms with E-state index in [0.717, 1.165) is 64.9 Å². The topological polar surface area (TPSA) is 57.4 Å². The van der Waals surface area contributed by atoms with Gasteiger partial charge in [-0.2, -0.15) is 0 Å². The van der Waals surface area contributed by atoms with Crippen molar-refractivity contribution in [1.82, 2.24) is 19.9 Å². The number of hydrogen-bond acceptors (Lipinski definition) is 2. The molecule has 0 unspecified atom stereocenters. The molecular weight excluding hydrogens is 528 g/mol. The van der Waals surface area contributed by atoms with Crippen molar-refractivity contribution in [2.24, 2.45) is 0 Å². The van der Waals surface area contributed by atoms with Gasteiger partial charge in [-0.1, -0.05) is 30.3 Å². The van der Waals surface area contributed by atoms with Gasteiger partial charge in [0.15, 0.2) is 0 Å². The lowest BCUT2D eigenvalue weighted by atomic mass is 10.0. The van der Waals surface area contributed by atoms with E-state index in [2.05, 4.69) is 90.4 Å². The number of aromatic nitrogens is 4. The highest BCUT2D eigenvalue weighted by molar-refractivity contribution is 9.11. The molecule has 6 heteroatoms. The Bertz CT molecular complexity index is 1590. The van der Waals surface area contributed by atoms with Crippen LogP contribution in [0.2, 0.25) is 0 Å². The summed E-state index contributed by atoms with van der Waals surface area (Å²) in [6, 6.07) is 20.8. The Morgan fingerprint density at radius 2 is 1.12 bits per heavy atom. The second kappa shape index (κ2) is 7.73. The summed E-state index contributed by atoms with van der Waals surface area (Å²) in [5.41, 5.74) is 9.64. The number of aromatic amines is 2. The number of hydrogen-bond donors (Lipinski definition) is 2. The summed E-state index contributed by atoms with van der Waals surface area (Å²) >= 11 is 7.44. The molecule has 2 N–H and O–H groups in total. The number of nitrogens with one attached hydrogen (secondary N) is 2. The van der Waals surface area contributed by atoms with Crippen LogP contribution in [0.15, 0.2) is 69.6 Å². The van der Waals surface area contributed by atoms with Gasteiger partial charge in [0.25, 0.3) is 0 Å². The first-order chi connectivity index (χ1) is 15.7. The molecule has 0 saturated carbocycles. The zero-order chi connectivity index (χ0) is 21.7. The summed E-state index contributed by atoms with van der Waals surface area (Å²) in [5.74, 6) is 0. The van der Waals surface area contributed by atoms with Gasteiger partial charge in [-0.25, -0.2) is 9.97 Å². The van der Waals surface area contributed by atoms with Crippen LogP contribution < -0.4 is 0 Å². The third-order valence-corrected chi connectivity index (χ3v) is 7.15. The fourth-order valence-electron chi connectivity index (χ4n) is 3.98. The zero-order valence-corrected chi connectivity index (χ0v) is 19.9. The van der Waals surface area contributed by atoms with Gasteiger partial charge < -0.3 is 9.97 Å². The Labute approximate surface area is 201 Å². The quantitative estimate of drug-likeness (QED) is 0.222. The first kappa shape index (κ1) is 19.5. The van der Waals surface area contributed by atoms with E-state index >= 15 is 0 Å². The predicted octanol–water partition coefficient (Wildman–Crippen LogP) is 7.85. The van der Waals surface area contributed by atoms with Gasteiger partial charge in [0.1, 0.15) is 0 Å². The first-order valence-electron chi connectivity index (χ1n) is 10.2. The van der Waals surface area contributed by atoms with Crippen LogP contribution in [0.4, 0.5) is 0 Å². The summed E-state index contributed by atoms with van der Waals surface area (Å²) in [6.45, 7) is 0. The summed E-state index contributed by atoms with van der Waals surface area (Å²) in [4.78, 5) is 16.8. The van der Waals surface area contributed by atoms with Gasteiger partial charge in [0, 0.05) is 22.1 Å². The molecule has 0 saturated heterocycles. The highest BCUT2D eigenvalue weighted by Gasteiger charge is 2.14. The van der Waals surface area contributed by atoms with Crippen molar-refractivity contribution in [2.45, 2.75) is 0 Å². The van der Waals surface area contributed by atoms with Crippen LogP contribution in [-0.2, 0) is 0 Å². The molecule has 0 radical (unpaired) electrons. The molecule has 0 fully saturated rings. The van der Waals surface area contributed by atoms with Gasteiger partial charge in [-0.15, -0.1) is 0 Å². The van der Waals surface area contributed by atoms with E-state index in [1.165, 1.54) is 0 Å². The Morgan fingerprint density at radius 1 is 0.562 bits per heavy atom. The van der Waals surface area contributed by atoms with Crippen molar-refractivity contribution in [3.63, 3.8) is 0 Å². The molecule has 4 nitrogen and oxygen atoms in total. The van der Waals surface area contributed by atoms with E-state index in [1.807, 2.05) is 36.4 Å². The van der Waals surface area contributed by atoms with Crippen molar-refractivity contribution in [3.05, 3.63) is 92.4 Å². The summed E-state index contributed by atoms with van der Waals surface area (Å²) < 4.78 is 1.78. The lowest BCUT2D eigenvalue weighted by molar-refractivity contribution is 1.25. The molecule has 0 aliphatic carbocycles. The fraction of sp³-hybridized carbons (Fsp3) is 0. The number of fused-ring (bicyclic) bond motifs is 8. The van der Waals surface area contributed by atoms with Crippen molar-refractivity contribution in [1.29, 1.82) is 0 Å². The molecule has 2 aliphatic rings. The van der Waals surface area contributed by atoms with Gasteiger partial charge >= 0.3 is 0 Å². The molecule has 8 bridgehead atoms. The van der Waals surface area contributed by atoms with Crippen LogP contribution >= 0.6 is 31.9 Å². The molecular formula is C26H16Br2N4. The molecule has 4 aromatic rings. The normalized spacial score (nSPS) is 12.4. The average molecular weight is 544 g/mol. The molecule has 5 heterocycles. The number of benzene rings is 1. The lowest BCUT2D eigenvalue weighted by Crippen LogP contribution is -1.86.